The van der Waals surface area contributed by atoms with Crippen LogP contribution in [0.4, 0.5) is 0 Å². The summed E-state index contributed by atoms with van der Waals surface area (Å²) in [6.45, 7) is 9.62. The van der Waals surface area contributed by atoms with Gasteiger partial charge in [-0.05, 0) is 43.9 Å². The molecule has 152 valence electrons. The Kier molecular flexibility index (Phi) is 11.6. The van der Waals surface area contributed by atoms with Gasteiger partial charge in [0, 0.05) is 0 Å². The smallest absolute Gasteiger partial charge is 0.308 e. The minimum atomic E-state index is -0.0945. The summed E-state index contributed by atoms with van der Waals surface area (Å²) in [7, 11) is 0. The van der Waals surface area contributed by atoms with E-state index in [1.165, 1.54) is 25.7 Å². The summed E-state index contributed by atoms with van der Waals surface area (Å²) >= 11 is 0. The molecule has 1 aliphatic carbocycles. The van der Waals surface area contributed by atoms with Crippen LogP contribution < -0.4 is 0 Å². The van der Waals surface area contributed by atoms with Crippen molar-refractivity contribution in [2.45, 2.75) is 91.9 Å². The number of ether oxygens (including phenoxy) is 2. The fraction of sp³-hybridized carbons (Fsp3) is 0.909. The molecule has 1 aliphatic rings. The van der Waals surface area contributed by atoms with Crippen molar-refractivity contribution in [2.75, 3.05) is 13.2 Å². The van der Waals surface area contributed by atoms with E-state index in [2.05, 4.69) is 13.8 Å². The van der Waals surface area contributed by atoms with E-state index < -0.39 is 0 Å². The van der Waals surface area contributed by atoms with E-state index >= 15 is 0 Å². The number of unbranched alkanes of at least 4 members (excludes halogenated alkanes) is 4. The summed E-state index contributed by atoms with van der Waals surface area (Å²) in [5, 5.41) is 0. The summed E-state index contributed by atoms with van der Waals surface area (Å²) in [6, 6.07) is 0. The normalized spacial score (nSPS) is 20.4. The van der Waals surface area contributed by atoms with Crippen molar-refractivity contribution in [1.29, 1.82) is 0 Å². The predicted octanol–water partition coefficient (Wildman–Crippen LogP) is 5.53. The molecular formula is C22H40O4. The van der Waals surface area contributed by atoms with Gasteiger partial charge >= 0.3 is 11.9 Å². The second-order valence-electron chi connectivity index (χ2n) is 8.69. The van der Waals surface area contributed by atoms with Crippen LogP contribution in [0, 0.1) is 23.7 Å². The Morgan fingerprint density at radius 3 is 1.77 bits per heavy atom. The third kappa shape index (κ3) is 10.2. The maximum absolute atomic E-state index is 12.2. The molecule has 0 saturated heterocycles. The highest BCUT2D eigenvalue weighted by molar-refractivity contribution is 5.75. The molecule has 0 N–H and O–H groups in total. The molecule has 0 heterocycles. The fourth-order valence-electron chi connectivity index (χ4n) is 3.41. The minimum absolute atomic E-state index is 0.0322. The molecule has 1 saturated carbocycles. The van der Waals surface area contributed by atoms with Crippen molar-refractivity contribution < 1.29 is 19.1 Å². The summed E-state index contributed by atoms with van der Waals surface area (Å²) in [5.74, 6) is 0.921. The Hall–Kier alpha value is -1.06. The lowest BCUT2D eigenvalue weighted by Gasteiger charge is -2.26. The number of rotatable bonds is 12. The fourth-order valence-corrected chi connectivity index (χ4v) is 3.41. The summed E-state index contributed by atoms with van der Waals surface area (Å²) < 4.78 is 10.8. The van der Waals surface area contributed by atoms with Gasteiger partial charge in [0.15, 0.2) is 0 Å². The highest BCUT2D eigenvalue weighted by atomic mass is 16.5. The van der Waals surface area contributed by atoms with Crippen molar-refractivity contribution in [3.8, 4) is 0 Å². The summed E-state index contributed by atoms with van der Waals surface area (Å²) in [6.07, 6.45) is 10.2. The topological polar surface area (TPSA) is 52.6 Å². The maximum atomic E-state index is 12.2. The molecule has 0 spiro atoms. The first kappa shape index (κ1) is 23.0. The van der Waals surface area contributed by atoms with Gasteiger partial charge in [0.05, 0.1) is 25.0 Å². The lowest BCUT2D eigenvalue weighted by atomic mass is 9.82. The van der Waals surface area contributed by atoms with Gasteiger partial charge in [-0.25, -0.2) is 0 Å². The Balaban J connectivity index is 2.06. The molecule has 0 aromatic carbocycles. The summed E-state index contributed by atoms with van der Waals surface area (Å²) in [5.41, 5.74) is 0. The Labute approximate surface area is 160 Å². The zero-order valence-corrected chi connectivity index (χ0v) is 17.4. The molecule has 0 unspecified atom stereocenters. The minimum Gasteiger partial charge on any atom is -0.465 e. The first-order chi connectivity index (χ1) is 12.4. The molecule has 0 aromatic rings. The van der Waals surface area contributed by atoms with Crippen LogP contribution in [-0.4, -0.2) is 25.2 Å². The van der Waals surface area contributed by atoms with Gasteiger partial charge in [-0.2, -0.15) is 0 Å². The number of hydrogen-bond donors (Lipinski definition) is 0. The highest BCUT2D eigenvalue weighted by Gasteiger charge is 2.31. The number of hydrogen-bond acceptors (Lipinski definition) is 4. The summed E-state index contributed by atoms with van der Waals surface area (Å²) in [4.78, 5) is 24.2. The maximum Gasteiger partial charge on any atom is 0.308 e. The average Bonchev–Trinajstić information content (AvgIpc) is 2.61. The van der Waals surface area contributed by atoms with Crippen LogP contribution in [0.2, 0.25) is 0 Å². The first-order valence-electron chi connectivity index (χ1n) is 10.7. The van der Waals surface area contributed by atoms with Crippen LogP contribution >= 0.6 is 0 Å². The van der Waals surface area contributed by atoms with Crippen LogP contribution in [0.5, 0.6) is 0 Å². The van der Waals surface area contributed by atoms with Crippen LogP contribution in [0.3, 0.4) is 0 Å². The van der Waals surface area contributed by atoms with Crippen molar-refractivity contribution in [3.63, 3.8) is 0 Å². The lowest BCUT2D eigenvalue weighted by molar-refractivity contribution is -0.155. The highest BCUT2D eigenvalue weighted by Crippen LogP contribution is 2.30. The van der Waals surface area contributed by atoms with E-state index in [0.717, 1.165) is 44.4 Å². The van der Waals surface area contributed by atoms with Gasteiger partial charge in [-0.15, -0.1) is 0 Å². The second-order valence-corrected chi connectivity index (χ2v) is 8.69. The first-order valence-corrected chi connectivity index (χ1v) is 10.7. The number of esters is 2. The molecule has 26 heavy (non-hydrogen) atoms. The van der Waals surface area contributed by atoms with Crippen molar-refractivity contribution >= 4 is 11.9 Å². The predicted molar refractivity (Wildman–Crippen MR) is 105 cm³/mol. The number of carbonyl (C=O) groups is 2. The van der Waals surface area contributed by atoms with Gasteiger partial charge in [0.1, 0.15) is 0 Å². The van der Waals surface area contributed by atoms with Gasteiger partial charge in [-0.3, -0.25) is 9.59 Å². The van der Waals surface area contributed by atoms with Gasteiger partial charge in [0.25, 0.3) is 0 Å². The van der Waals surface area contributed by atoms with E-state index in [-0.39, 0.29) is 23.8 Å². The largest absolute Gasteiger partial charge is 0.465 e. The Morgan fingerprint density at radius 1 is 0.731 bits per heavy atom. The van der Waals surface area contributed by atoms with Crippen molar-refractivity contribution in [1.82, 2.24) is 0 Å². The van der Waals surface area contributed by atoms with Crippen molar-refractivity contribution in [2.24, 2.45) is 23.7 Å². The number of carbonyl (C=O) groups excluding carboxylic acids is 2. The SMILES string of the molecule is CC(C)CCCCCCCOC(=O)C1CCC(C(=O)OCC(C)C)CC1. The van der Waals surface area contributed by atoms with Crippen LogP contribution in [0.15, 0.2) is 0 Å². The Morgan fingerprint density at radius 2 is 1.23 bits per heavy atom. The third-order valence-corrected chi connectivity index (χ3v) is 5.12. The average molecular weight is 369 g/mol. The Bertz CT molecular complexity index is 395. The van der Waals surface area contributed by atoms with E-state index in [4.69, 9.17) is 9.47 Å². The van der Waals surface area contributed by atoms with E-state index in [1.807, 2.05) is 13.8 Å². The monoisotopic (exact) mass is 368 g/mol. The van der Waals surface area contributed by atoms with Crippen molar-refractivity contribution in [3.05, 3.63) is 0 Å². The molecule has 0 aliphatic heterocycles. The van der Waals surface area contributed by atoms with Gasteiger partial charge in [0.2, 0.25) is 0 Å². The molecule has 1 fully saturated rings. The molecular weight excluding hydrogens is 328 g/mol. The van der Waals surface area contributed by atoms with Gasteiger partial charge in [-0.1, -0.05) is 59.8 Å². The quantitative estimate of drug-likeness (QED) is 0.335. The molecule has 0 radical (unpaired) electrons. The third-order valence-electron chi connectivity index (χ3n) is 5.12. The molecule has 0 amide bonds. The molecule has 1 rings (SSSR count). The zero-order valence-electron chi connectivity index (χ0n) is 17.4. The lowest BCUT2D eigenvalue weighted by Crippen LogP contribution is -2.29. The standard InChI is InChI=1S/C22H40O4/c1-17(2)10-8-6-5-7-9-15-25-21(23)19-11-13-20(14-12-19)22(24)26-16-18(3)4/h17-20H,5-16H2,1-4H3. The van der Waals surface area contributed by atoms with Crippen LogP contribution in [0.1, 0.15) is 91.9 Å². The van der Waals surface area contributed by atoms with Crippen LogP contribution in [0.25, 0.3) is 0 Å². The van der Waals surface area contributed by atoms with E-state index in [9.17, 15) is 9.59 Å². The molecule has 4 heteroatoms. The molecule has 0 atom stereocenters. The van der Waals surface area contributed by atoms with Crippen LogP contribution in [-0.2, 0) is 19.1 Å². The zero-order chi connectivity index (χ0) is 19.4. The van der Waals surface area contributed by atoms with Gasteiger partial charge < -0.3 is 9.47 Å². The van der Waals surface area contributed by atoms with E-state index in [0.29, 0.717) is 19.1 Å². The molecule has 0 bridgehead atoms. The molecule has 0 aromatic heterocycles. The molecule has 4 nitrogen and oxygen atoms in total. The second kappa shape index (κ2) is 13.2. The van der Waals surface area contributed by atoms with E-state index in [1.54, 1.807) is 0 Å².